The van der Waals surface area contributed by atoms with Gasteiger partial charge in [-0.2, -0.15) is 14.6 Å². The van der Waals surface area contributed by atoms with Gasteiger partial charge in [-0.3, -0.25) is 24.7 Å². The number of oxime groups is 1. The highest BCUT2D eigenvalue weighted by Crippen LogP contribution is 2.41. The number of fused-ring (bicyclic) bond motifs is 2. The third-order valence-corrected chi connectivity index (χ3v) is 9.56. The molecule has 2 aliphatic rings. The summed E-state index contributed by atoms with van der Waals surface area (Å²) in [6.45, 7) is 3.03. The van der Waals surface area contributed by atoms with Crippen molar-refractivity contribution in [1.29, 1.82) is 0 Å². The Kier molecular flexibility index (Phi) is 9.25. The first-order valence-electron chi connectivity index (χ1n) is 13.0. The number of aromatic nitrogens is 5. The van der Waals surface area contributed by atoms with Gasteiger partial charge in [0.15, 0.2) is 10.8 Å². The summed E-state index contributed by atoms with van der Waals surface area (Å²) in [6.07, 6.45) is 1.37. The molecule has 3 aromatic rings. The molecule has 5 heterocycles. The Hall–Kier alpha value is -4.31. The van der Waals surface area contributed by atoms with Crippen LogP contribution < -0.4 is 22.3 Å². The van der Waals surface area contributed by atoms with Crippen molar-refractivity contribution in [2.24, 2.45) is 11.0 Å². The van der Waals surface area contributed by atoms with Gasteiger partial charge in [-0.1, -0.05) is 5.16 Å². The van der Waals surface area contributed by atoms with Crippen molar-refractivity contribution in [3.05, 3.63) is 40.4 Å². The number of amides is 3. The number of carboxylic acids is 1. The number of nitrogen functional groups attached to an aromatic ring is 1. The SMILES string of the molecule is COCc1cc(SCC2=C(C(=O)O)N3C(=O)C(NC(=O)C(=NOC(C)(C)C(=O)NN)c4csc(N)n4)[C@@H]3SC2)nc2ncnn12. The number of carbonyl (C=O) groups is 4. The van der Waals surface area contributed by atoms with Crippen LogP contribution in [0.1, 0.15) is 25.2 Å². The highest BCUT2D eigenvalue weighted by Gasteiger charge is 2.54. The summed E-state index contributed by atoms with van der Waals surface area (Å²) in [5.74, 6) is 2.63. The Balaban J connectivity index is 1.33. The molecule has 0 saturated carbocycles. The van der Waals surface area contributed by atoms with Crippen LogP contribution in [0.3, 0.4) is 0 Å². The van der Waals surface area contributed by atoms with E-state index in [0.717, 1.165) is 16.2 Å². The molecular formula is C24H27N11O7S3. The van der Waals surface area contributed by atoms with Crippen LogP contribution in [0.2, 0.25) is 0 Å². The normalized spacial score (nSPS) is 18.4. The number of hydrazine groups is 1. The fourth-order valence-electron chi connectivity index (χ4n) is 4.31. The lowest BCUT2D eigenvalue weighted by Gasteiger charge is -2.49. The van der Waals surface area contributed by atoms with Crippen LogP contribution in [0.15, 0.2) is 39.2 Å². The molecule has 1 unspecified atom stereocenters. The van der Waals surface area contributed by atoms with Crippen molar-refractivity contribution < 1.29 is 33.9 Å². The summed E-state index contributed by atoms with van der Waals surface area (Å²) in [7, 11) is 1.55. The van der Waals surface area contributed by atoms with Gasteiger partial charge >= 0.3 is 5.97 Å². The lowest BCUT2D eigenvalue weighted by molar-refractivity contribution is -0.150. The van der Waals surface area contributed by atoms with E-state index in [1.54, 1.807) is 17.7 Å². The highest BCUT2D eigenvalue weighted by molar-refractivity contribution is 8.01. The maximum absolute atomic E-state index is 13.4. The number of rotatable bonds is 12. The summed E-state index contributed by atoms with van der Waals surface area (Å²) in [6, 6.07) is 0.708. The number of methoxy groups -OCH3 is 1. The minimum atomic E-state index is -1.55. The van der Waals surface area contributed by atoms with E-state index in [2.05, 4.69) is 30.5 Å². The summed E-state index contributed by atoms with van der Waals surface area (Å²) < 4.78 is 6.78. The third kappa shape index (κ3) is 6.42. The maximum atomic E-state index is 13.4. The van der Waals surface area contributed by atoms with Crippen molar-refractivity contribution in [2.75, 3.05) is 24.3 Å². The number of nitrogens with one attached hydrogen (secondary N) is 2. The molecule has 0 aromatic carbocycles. The van der Waals surface area contributed by atoms with Crippen LogP contribution >= 0.6 is 34.9 Å². The fourth-order valence-corrected chi connectivity index (χ4v) is 7.26. The number of nitrogens with two attached hydrogens (primary N) is 2. The van der Waals surface area contributed by atoms with E-state index in [-0.39, 0.29) is 40.3 Å². The van der Waals surface area contributed by atoms with Crippen LogP contribution in [-0.2, 0) is 35.4 Å². The third-order valence-electron chi connectivity index (χ3n) is 6.55. The number of thiazole rings is 1. The number of ether oxygens (including phenoxy) is 1. The minimum Gasteiger partial charge on any atom is -0.477 e. The zero-order chi connectivity index (χ0) is 32.5. The van der Waals surface area contributed by atoms with Gasteiger partial charge in [0.05, 0.1) is 12.3 Å². The van der Waals surface area contributed by atoms with E-state index in [4.69, 9.17) is 21.2 Å². The Labute approximate surface area is 267 Å². The van der Waals surface area contributed by atoms with E-state index in [1.807, 2.05) is 5.43 Å². The zero-order valence-electron chi connectivity index (χ0n) is 23.9. The second-order valence-corrected chi connectivity index (χ2v) is 13.0. The highest BCUT2D eigenvalue weighted by atomic mass is 32.2. The van der Waals surface area contributed by atoms with Crippen LogP contribution in [0.5, 0.6) is 0 Å². The average Bonchev–Trinajstić information content (AvgIpc) is 3.67. The van der Waals surface area contributed by atoms with Gasteiger partial charge in [0.25, 0.3) is 23.5 Å². The molecule has 3 amide bonds. The topological polar surface area (TPSA) is 255 Å². The number of hydrogen-bond acceptors (Lipinski definition) is 16. The standard InChI is InChI=1S/C24H27N11O7S3/c1-24(2,21(40)32-26)42-33-14(12-8-45-22(25)29-12)17(36)31-15-18(37)34-16(20(38)39)10(7-44-19(15)34)6-43-13-4-11(5-41-3)35-23(30-13)27-9-28-35/h4,8-9,15,19H,5-7,26H2,1-3H3,(H2,25,29)(H,31,36)(H,32,40)(H,38,39)/t15?,19-/m0/s1. The first-order valence-corrected chi connectivity index (χ1v) is 15.9. The number of carboxylic acid groups (broad SMARTS) is 1. The quantitative estimate of drug-likeness (QED) is 0.0303. The summed E-state index contributed by atoms with van der Waals surface area (Å²) in [5, 5.41) is 22.1. The van der Waals surface area contributed by atoms with Crippen molar-refractivity contribution in [3.8, 4) is 0 Å². The second kappa shape index (κ2) is 13.0. The zero-order valence-corrected chi connectivity index (χ0v) is 26.4. The molecule has 45 heavy (non-hydrogen) atoms. The van der Waals surface area contributed by atoms with Crippen molar-refractivity contribution in [2.45, 2.75) is 42.5 Å². The number of β-lactam (4-membered cyclic amide) rings is 1. The van der Waals surface area contributed by atoms with E-state index < -0.39 is 40.7 Å². The predicted octanol–water partition coefficient (Wildman–Crippen LogP) is -0.670. The molecule has 0 bridgehead atoms. The first-order chi connectivity index (χ1) is 21.4. The van der Waals surface area contributed by atoms with Gasteiger partial charge in [-0.25, -0.2) is 20.6 Å². The van der Waals surface area contributed by atoms with Gasteiger partial charge in [0, 0.05) is 24.0 Å². The predicted molar refractivity (Wildman–Crippen MR) is 162 cm³/mol. The van der Waals surface area contributed by atoms with E-state index in [0.29, 0.717) is 22.1 Å². The smallest absolute Gasteiger partial charge is 0.352 e. The number of nitrogens with zero attached hydrogens (tertiary/aromatic N) is 7. The molecule has 0 spiro atoms. The van der Waals surface area contributed by atoms with E-state index in [9.17, 15) is 24.3 Å². The minimum absolute atomic E-state index is 0.0518. The lowest BCUT2D eigenvalue weighted by Crippen LogP contribution is -2.71. The summed E-state index contributed by atoms with van der Waals surface area (Å²) in [5.41, 5.74) is 6.91. The average molecular weight is 678 g/mol. The Morgan fingerprint density at radius 2 is 2.09 bits per heavy atom. The Morgan fingerprint density at radius 1 is 1.31 bits per heavy atom. The van der Waals surface area contributed by atoms with Gasteiger partial charge in [0.1, 0.15) is 34.2 Å². The van der Waals surface area contributed by atoms with Crippen LogP contribution in [0, 0.1) is 0 Å². The molecule has 5 rings (SSSR count). The molecular weight excluding hydrogens is 651 g/mol. The molecule has 0 aliphatic carbocycles. The molecule has 7 N–H and O–H groups in total. The molecule has 0 radical (unpaired) electrons. The summed E-state index contributed by atoms with van der Waals surface area (Å²) >= 11 is 3.63. The van der Waals surface area contributed by atoms with Crippen molar-refractivity contribution >= 4 is 75.2 Å². The van der Waals surface area contributed by atoms with E-state index in [1.165, 1.54) is 49.1 Å². The molecule has 1 saturated heterocycles. The van der Waals surface area contributed by atoms with Crippen molar-refractivity contribution in [3.63, 3.8) is 0 Å². The number of aliphatic carboxylic acids is 1. The molecule has 3 aromatic heterocycles. The fraction of sp³-hybridized carbons (Fsp3) is 0.375. The first kappa shape index (κ1) is 32.1. The monoisotopic (exact) mass is 677 g/mol. The second-order valence-electron chi connectivity index (χ2n) is 9.98. The molecule has 18 nitrogen and oxygen atoms in total. The molecule has 2 aliphatic heterocycles. The molecule has 21 heteroatoms. The summed E-state index contributed by atoms with van der Waals surface area (Å²) in [4.78, 5) is 70.2. The lowest BCUT2D eigenvalue weighted by atomic mass is 10.0. The number of anilines is 1. The molecule has 1 fully saturated rings. The largest absolute Gasteiger partial charge is 0.477 e. The Bertz CT molecular complexity index is 1740. The van der Waals surface area contributed by atoms with Gasteiger partial charge < -0.3 is 25.7 Å². The van der Waals surface area contributed by atoms with E-state index >= 15 is 0 Å². The van der Waals surface area contributed by atoms with Gasteiger partial charge in [-0.15, -0.1) is 34.9 Å². The number of carbonyl (C=O) groups excluding carboxylic acids is 3. The van der Waals surface area contributed by atoms with Crippen LogP contribution in [0.4, 0.5) is 5.13 Å². The number of thioether (sulfide) groups is 2. The van der Waals surface area contributed by atoms with Crippen LogP contribution in [-0.4, -0.2) is 99.6 Å². The van der Waals surface area contributed by atoms with Crippen molar-refractivity contribution in [1.82, 2.24) is 40.2 Å². The Morgan fingerprint density at radius 3 is 2.76 bits per heavy atom. The molecule has 238 valence electrons. The van der Waals surface area contributed by atoms with Gasteiger partial charge in [0.2, 0.25) is 5.60 Å². The maximum Gasteiger partial charge on any atom is 0.352 e. The molecule has 2 atom stereocenters. The van der Waals surface area contributed by atoms with Gasteiger partial charge in [-0.05, 0) is 25.5 Å². The van der Waals surface area contributed by atoms with Crippen LogP contribution in [0.25, 0.3) is 5.78 Å². The number of hydrogen-bond donors (Lipinski definition) is 5.